The highest BCUT2D eigenvalue weighted by molar-refractivity contribution is 7.80. The third kappa shape index (κ3) is 1.22. The zero-order chi connectivity index (χ0) is 6.15. The van der Waals surface area contributed by atoms with Crippen LogP contribution in [-0.2, 0) is 0 Å². The average Bonchev–Trinajstić information content (AvgIpc) is 1.98. The molecule has 0 aliphatic carbocycles. The minimum atomic E-state index is 0.525. The van der Waals surface area contributed by atoms with Gasteiger partial charge in [-0.25, -0.2) is 0 Å². The first-order valence-electron chi connectivity index (χ1n) is 1.66. The van der Waals surface area contributed by atoms with Crippen LogP contribution in [0.2, 0.25) is 9.36 Å². The fourth-order valence-corrected chi connectivity index (χ4v) is 3.21. The molecule has 0 aromatic carbocycles. The molecule has 1 rings (SSSR count). The summed E-state index contributed by atoms with van der Waals surface area (Å²) in [5, 5.41) is 0.525. The zero-order valence-corrected chi connectivity index (χ0v) is 7.44. The van der Waals surface area contributed by atoms with Gasteiger partial charge in [-0.1, -0.05) is 56.1 Å². The van der Waals surface area contributed by atoms with Gasteiger partial charge >= 0.3 is 0 Å². The summed E-state index contributed by atoms with van der Waals surface area (Å²) in [6.45, 7) is 0. The molecule has 0 radical (unpaired) electrons. The van der Waals surface area contributed by atoms with Gasteiger partial charge in [0.05, 0.1) is 5.02 Å². The molecule has 44 valence electrons. The van der Waals surface area contributed by atoms with E-state index < -0.39 is 0 Å². The zero-order valence-electron chi connectivity index (χ0n) is 3.48. The summed E-state index contributed by atoms with van der Waals surface area (Å²) in [5.74, 6) is 0. The smallest absolute Gasteiger partial charge is 0.0792 e. The predicted octanol–water partition coefficient (Wildman–Crippen LogP) is 3.85. The molecular formula is C3Cl2S3. The Bertz CT molecular complexity index is 235. The molecular weight excluding hydrogens is 203 g/mol. The van der Waals surface area contributed by atoms with E-state index in [2.05, 4.69) is 0 Å². The maximum atomic E-state index is 5.58. The maximum absolute atomic E-state index is 5.58. The minimum Gasteiger partial charge on any atom is -0.0792 e. The lowest BCUT2D eigenvalue weighted by Crippen LogP contribution is -1.47. The average molecular weight is 203 g/mol. The molecule has 0 amide bonds. The summed E-state index contributed by atoms with van der Waals surface area (Å²) < 4.78 is 1.28. The largest absolute Gasteiger partial charge is 0.124 e. The van der Waals surface area contributed by atoms with E-state index in [1.807, 2.05) is 0 Å². The van der Waals surface area contributed by atoms with Crippen molar-refractivity contribution in [2.45, 2.75) is 0 Å². The van der Waals surface area contributed by atoms with Crippen LogP contribution in [0.5, 0.6) is 0 Å². The molecule has 0 fully saturated rings. The number of hydrogen-bond donors (Lipinski definition) is 0. The minimum absolute atomic E-state index is 0.525. The first-order chi connectivity index (χ1) is 3.72. The van der Waals surface area contributed by atoms with Gasteiger partial charge in [0.2, 0.25) is 0 Å². The molecule has 1 aromatic heterocycles. The predicted molar refractivity (Wildman–Crippen MR) is 43.0 cm³/mol. The van der Waals surface area contributed by atoms with Crippen molar-refractivity contribution in [1.82, 2.24) is 0 Å². The second-order valence-electron chi connectivity index (χ2n) is 1.04. The van der Waals surface area contributed by atoms with Crippen molar-refractivity contribution in [2.24, 2.45) is 0 Å². The summed E-state index contributed by atoms with van der Waals surface area (Å²) in [4.78, 5) is 0. The Balaban J connectivity index is 3.41. The monoisotopic (exact) mass is 202 g/mol. The molecule has 0 unspecified atom stereocenters. The van der Waals surface area contributed by atoms with Crippen LogP contribution in [0.3, 0.4) is 0 Å². The molecule has 0 aliphatic rings. The van der Waals surface area contributed by atoms with Crippen molar-refractivity contribution in [3.05, 3.63) is 13.2 Å². The van der Waals surface area contributed by atoms with Crippen LogP contribution in [0.4, 0.5) is 0 Å². The van der Waals surface area contributed by atoms with E-state index in [-0.39, 0.29) is 0 Å². The lowest BCUT2D eigenvalue weighted by atomic mass is 10.8. The molecule has 8 heavy (non-hydrogen) atoms. The van der Waals surface area contributed by atoms with E-state index in [0.717, 1.165) is 0 Å². The second-order valence-corrected chi connectivity index (χ2v) is 4.84. The lowest BCUT2D eigenvalue weighted by Gasteiger charge is -1.73. The van der Waals surface area contributed by atoms with Crippen LogP contribution in [0.25, 0.3) is 0 Å². The molecule has 0 nitrogen and oxygen atoms in total. The molecule has 0 N–H and O–H groups in total. The fourth-order valence-electron chi connectivity index (χ4n) is 0.228. The number of rotatable bonds is 0. The number of halogens is 2. The van der Waals surface area contributed by atoms with Gasteiger partial charge in [0.25, 0.3) is 0 Å². The van der Waals surface area contributed by atoms with E-state index in [0.29, 0.717) is 13.2 Å². The Morgan fingerprint density at radius 1 is 1.25 bits per heavy atom. The SMILES string of the molecule is S=c1ssc(Cl)c1Cl. The van der Waals surface area contributed by atoms with Gasteiger partial charge in [-0.2, -0.15) is 0 Å². The third-order valence-electron chi connectivity index (χ3n) is 0.542. The van der Waals surface area contributed by atoms with Gasteiger partial charge in [0, 0.05) is 0 Å². The highest BCUT2D eigenvalue weighted by Gasteiger charge is 1.99. The summed E-state index contributed by atoms with van der Waals surface area (Å²) in [7, 11) is 2.83. The van der Waals surface area contributed by atoms with Crippen LogP contribution < -0.4 is 0 Å². The Morgan fingerprint density at radius 2 is 1.88 bits per heavy atom. The van der Waals surface area contributed by atoms with E-state index in [1.165, 1.54) is 20.7 Å². The van der Waals surface area contributed by atoms with E-state index in [1.54, 1.807) is 0 Å². The van der Waals surface area contributed by atoms with Crippen LogP contribution in [0.15, 0.2) is 0 Å². The lowest BCUT2D eigenvalue weighted by molar-refractivity contribution is 2.04. The van der Waals surface area contributed by atoms with E-state index >= 15 is 0 Å². The molecule has 0 spiro atoms. The Kier molecular flexibility index (Phi) is 2.28. The van der Waals surface area contributed by atoms with Gasteiger partial charge in [-0.15, -0.1) is 0 Å². The van der Waals surface area contributed by atoms with Crippen molar-refractivity contribution in [2.75, 3.05) is 0 Å². The summed E-state index contributed by atoms with van der Waals surface area (Å²) >= 11 is 15.9. The van der Waals surface area contributed by atoms with Gasteiger partial charge in [-0.3, -0.25) is 0 Å². The Hall–Kier alpha value is 0.850. The van der Waals surface area contributed by atoms with Crippen LogP contribution in [0, 0.1) is 3.82 Å². The summed E-state index contributed by atoms with van der Waals surface area (Å²) in [6, 6.07) is 0. The normalized spacial score (nSPS) is 9.75. The topological polar surface area (TPSA) is 0 Å². The molecule has 0 saturated carbocycles. The van der Waals surface area contributed by atoms with Gasteiger partial charge in [0.15, 0.2) is 0 Å². The molecule has 0 atom stereocenters. The fraction of sp³-hybridized carbons (Fsp3) is 0. The Morgan fingerprint density at radius 3 is 2.00 bits per heavy atom. The first-order valence-corrected chi connectivity index (χ1v) is 4.97. The second kappa shape index (κ2) is 2.62. The maximum Gasteiger partial charge on any atom is 0.124 e. The molecule has 1 heterocycles. The number of hydrogen-bond acceptors (Lipinski definition) is 3. The van der Waals surface area contributed by atoms with Crippen molar-refractivity contribution < 1.29 is 0 Å². The third-order valence-corrected chi connectivity index (χ3v) is 4.86. The van der Waals surface area contributed by atoms with Gasteiger partial charge in [-0.05, 0) is 0 Å². The molecule has 5 heteroatoms. The van der Waals surface area contributed by atoms with Crippen molar-refractivity contribution in [3.63, 3.8) is 0 Å². The summed E-state index contributed by atoms with van der Waals surface area (Å²) in [6.07, 6.45) is 0. The van der Waals surface area contributed by atoms with Crippen molar-refractivity contribution >= 4 is 56.1 Å². The van der Waals surface area contributed by atoms with Crippen LogP contribution >= 0.6 is 56.1 Å². The van der Waals surface area contributed by atoms with Gasteiger partial charge < -0.3 is 0 Å². The van der Waals surface area contributed by atoms with Crippen molar-refractivity contribution in [1.29, 1.82) is 0 Å². The standard InChI is InChI=1S/C3Cl2S3/c4-1-2(5)7-8-3(1)6. The van der Waals surface area contributed by atoms with Crippen LogP contribution in [0.1, 0.15) is 0 Å². The highest BCUT2D eigenvalue weighted by Crippen LogP contribution is 2.33. The Labute approximate surface area is 69.1 Å². The van der Waals surface area contributed by atoms with Gasteiger partial charge in [0.1, 0.15) is 8.16 Å². The van der Waals surface area contributed by atoms with Crippen LogP contribution in [-0.4, -0.2) is 0 Å². The highest BCUT2D eigenvalue weighted by atomic mass is 35.5. The van der Waals surface area contributed by atoms with E-state index in [4.69, 9.17) is 35.4 Å². The molecule has 1 aromatic rings. The quantitative estimate of drug-likeness (QED) is 0.456. The summed E-state index contributed by atoms with van der Waals surface area (Å²) in [5.41, 5.74) is 0. The van der Waals surface area contributed by atoms with Crippen molar-refractivity contribution in [3.8, 4) is 0 Å². The molecule has 0 bridgehead atoms. The van der Waals surface area contributed by atoms with E-state index in [9.17, 15) is 0 Å². The molecule has 0 aliphatic heterocycles. The molecule has 0 saturated heterocycles. The first kappa shape index (κ1) is 6.96.